The average Bonchev–Trinajstić information content (AvgIpc) is 2.93. The van der Waals surface area contributed by atoms with Crippen LogP contribution < -0.4 is 24.8 Å². The Balaban J connectivity index is 0.00000308. The number of nitrogens with zero attached hydrogens (tertiary/aromatic N) is 2. The maximum absolute atomic E-state index is 12.2. The van der Waals surface area contributed by atoms with Crippen LogP contribution in [0.2, 0.25) is 0 Å². The molecule has 2 heterocycles. The summed E-state index contributed by atoms with van der Waals surface area (Å²) in [6.45, 7) is 12.4. The molecule has 11 heteroatoms. The Morgan fingerprint density at radius 3 is 2.43 bits per heavy atom. The number of carbonyl (C=O) groups excluding carboxylic acids is 1. The lowest BCUT2D eigenvalue weighted by Crippen LogP contribution is -2.36. The van der Waals surface area contributed by atoms with Gasteiger partial charge in [0.15, 0.2) is 11.5 Å². The van der Waals surface area contributed by atoms with Crippen LogP contribution >= 0.6 is 24.8 Å². The quantitative estimate of drug-likeness (QED) is 0.212. The normalized spacial score (nSPS) is 13.4. The van der Waals surface area contributed by atoms with E-state index in [1.807, 2.05) is 42.5 Å². The van der Waals surface area contributed by atoms with Gasteiger partial charge < -0.3 is 29.6 Å². The highest BCUT2D eigenvalue weighted by Gasteiger charge is 2.14. The number of aromatic nitrogens is 1. The molecule has 1 saturated heterocycles. The SMILES string of the molecule is COc1cc2c(Oc3ccc(NC(=O)NCCC(C)(C)C)cc3)ccnc2cc1OCCCCN1CCOCC1.Cl.Cl. The van der Waals surface area contributed by atoms with Crippen molar-refractivity contribution in [1.82, 2.24) is 15.2 Å². The first-order valence-corrected chi connectivity index (χ1v) is 14.0. The van der Waals surface area contributed by atoms with E-state index >= 15 is 0 Å². The lowest BCUT2D eigenvalue weighted by Gasteiger charge is -2.26. The van der Waals surface area contributed by atoms with Crippen molar-refractivity contribution in [2.24, 2.45) is 5.41 Å². The highest BCUT2D eigenvalue weighted by Crippen LogP contribution is 2.37. The van der Waals surface area contributed by atoms with Crippen LogP contribution in [0.3, 0.4) is 0 Å². The van der Waals surface area contributed by atoms with E-state index in [4.69, 9.17) is 18.9 Å². The maximum Gasteiger partial charge on any atom is 0.319 e. The molecule has 9 nitrogen and oxygen atoms in total. The second-order valence-corrected chi connectivity index (χ2v) is 11.2. The summed E-state index contributed by atoms with van der Waals surface area (Å²) < 4.78 is 23.3. The molecule has 4 rings (SSSR count). The number of hydrogen-bond donors (Lipinski definition) is 2. The third kappa shape index (κ3) is 11.0. The summed E-state index contributed by atoms with van der Waals surface area (Å²) in [4.78, 5) is 19.1. The van der Waals surface area contributed by atoms with Crippen molar-refractivity contribution in [3.8, 4) is 23.0 Å². The van der Waals surface area contributed by atoms with Crippen molar-refractivity contribution in [3.05, 3.63) is 48.7 Å². The van der Waals surface area contributed by atoms with Crippen molar-refractivity contribution < 1.29 is 23.7 Å². The Labute approximate surface area is 261 Å². The summed E-state index contributed by atoms with van der Waals surface area (Å²) in [5.74, 6) is 2.60. The first-order valence-electron chi connectivity index (χ1n) is 14.0. The molecule has 1 aliphatic rings. The largest absolute Gasteiger partial charge is 0.493 e. The molecule has 42 heavy (non-hydrogen) atoms. The van der Waals surface area contributed by atoms with E-state index in [0.29, 0.717) is 41.8 Å². The monoisotopic (exact) mass is 622 g/mol. The van der Waals surface area contributed by atoms with E-state index < -0.39 is 0 Å². The molecule has 1 fully saturated rings. The summed E-state index contributed by atoms with van der Waals surface area (Å²) in [6.07, 6.45) is 4.65. The van der Waals surface area contributed by atoms with Gasteiger partial charge in [-0.1, -0.05) is 20.8 Å². The molecule has 232 valence electrons. The van der Waals surface area contributed by atoms with Gasteiger partial charge in [0, 0.05) is 43.0 Å². The van der Waals surface area contributed by atoms with E-state index in [1.165, 1.54) is 0 Å². The van der Waals surface area contributed by atoms with Crippen LogP contribution in [0.15, 0.2) is 48.7 Å². The van der Waals surface area contributed by atoms with Crippen LogP contribution in [0.25, 0.3) is 10.9 Å². The fourth-order valence-electron chi connectivity index (χ4n) is 4.39. The number of amides is 2. The lowest BCUT2D eigenvalue weighted by molar-refractivity contribution is 0.0368. The second kappa shape index (κ2) is 17.2. The molecule has 0 atom stereocenters. The van der Waals surface area contributed by atoms with Crippen LogP contribution in [0.4, 0.5) is 10.5 Å². The van der Waals surface area contributed by atoms with Crippen molar-refractivity contribution in [3.63, 3.8) is 0 Å². The van der Waals surface area contributed by atoms with Crippen molar-refractivity contribution >= 4 is 47.4 Å². The van der Waals surface area contributed by atoms with Crippen LogP contribution in [0, 0.1) is 5.41 Å². The standard InChI is InChI=1S/C31H42N4O5.2ClH/c1-31(2,3)12-14-33-30(36)34-23-7-9-24(10-8-23)40-27-11-13-32-26-22-29(28(37-4)21-25(26)27)39-18-6-5-15-35-16-19-38-20-17-35;;/h7-11,13,21-22H,5-6,12,14-20H2,1-4H3,(H2,33,34,36);2*1H. The van der Waals surface area contributed by atoms with Gasteiger partial charge in [-0.05, 0) is 67.6 Å². The number of halogens is 2. The Morgan fingerprint density at radius 2 is 1.74 bits per heavy atom. The molecule has 0 radical (unpaired) electrons. The number of carbonyl (C=O) groups is 1. The fraction of sp³-hybridized carbons (Fsp3) is 0.484. The van der Waals surface area contributed by atoms with E-state index in [-0.39, 0.29) is 36.3 Å². The zero-order chi connectivity index (χ0) is 28.4. The van der Waals surface area contributed by atoms with Crippen LogP contribution in [-0.2, 0) is 4.74 Å². The van der Waals surface area contributed by atoms with E-state index in [9.17, 15) is 4.79 Å². The molecule has 0 bridgehead atoms. The number of pyridine rings is 1. The molecule has 2 amide bonds. The Hall–Kier alpha value is -2.98. The predicted octanol–water partition coefficient (Wildman–Crippen LogP) is 6.93. The summed E-state index contributed by atoms with van der Waals surface area (Å²) in [5.41, 5.74) is 1.62. The number of anilines is 1. The van der Waals surface area contributed by atoms with E-state index in [0.717, 1.165) is 63.0 Å². The summed E-state index contributed by atoms with van der Waals surface area (Å²) >= 11 is 0. The van der Waals surface area contributed by atoms with Gasteiger partial charge in [-0.3, -0.25) is 9.88 Å². The maximum atomic E-state index is 12.2. The van der Waals surface area contributed by atoms with Gasteiger partial charge >= 0.3 is 6.03 Å². The molecule has 0 spiro atoms. The highest BCUT2D eigenvalue weighted by molar-refractivity contribution is 5.90. The second-order valence-electron chi connectivity index (χ2n) is 11.2. The molecular formula is C31H44Cl2N4O5. The van der Waals surface area contributed by atoms with Gasteiger partial charge in [0.05, 0.1) is 32.4 Å². The van der Waals surface area contributed by atoms with Gasteiger partial charge in [-0.15, -0.1) is 24.8 Å². The average molecular weight is 624 g/mol. The van der Waals surface area contributed by atoms with Gasteiger partial charge in [-0.2, -0.15) is 0 Å². The summed E-state index contributed by atoms with van der Waals surface area (Å²) in [6, 6.07) is 12.7. The molecule has 2 aromatic carbocycles. The zero-order valence-electron chi connectivity index (χ0n) is 24.9. The number of urea groups is 1. The minimum atomic E-state index is -0.222. The predicted molar refractivity (Wildman–Crippen MR) is 172 cm³/mol. The number of benzene rings is 2. The Kier molecular flexibility index (Phi) is 14.4. The molecule has 1 aromatic heterocycles. The van der Waals surface area contributed by atoms with Gasteiger partial charge in [-0.25, -0.2) is 4.79 Å². The zero-order valence-corrected chi connectivity index (χ0v) is 26.6. The number of ether oxygens (including phenoxy) is 4. The first-order chi connectivity index (χ1) is 19.3. The molecule has 0 aliphatic carbocycles. The smallest absolute Gasteiger partial charge is 0.319 e. The number of morpholine rings is 1. The molecule has 3 aromatic rings. The fourth-order valence-corrected chi connectivity index (χ4v) is 4.39. The van der Waals surface area contributed by atoms with Crippen LogP contribution in [-0.4, -0.2) is 69.0 Å². The molecule has 2 N–H and O–H groups in total. The Bertz CT molecular complexity index is 1250. The van der Waals surface area contributed by atoms with Crippen molar-refractivity contribution in [1.29, 1.82) is 0 Å². The van der Waals surface area contributed by atoms with Crippen LogP contribution in [0.1, 0.15) is 40.0 Å². The van der Waals surface area contributed by atoms with Gasteiger partial charge in [0.1, 0.15) is 11.5 Å². The Morgan fingerprint density at radius 1 is 1.00 bits per heavy atom. The van der Waals surface area contributed by atoms with Gasteiger partial charge in [0.25, 0.3) is 0 Å². The van der Waals surface area contributed by atoms with E-state index in [1.54, 1.807) is 13.3 Å². The minimum absolute atomic E-state index is 0. The molecule has 1 aliphatic heterocycles. The number of rotatable bonds is 12. The highest BCUT2D eigenvalue weighted by atomic mass is 35.5. The number of fused-ring (bicyclic) bond motifs is 1. The minimum Gasteiger partial charge on any atom is -0.493 e. The van der Waals surface area contributed by atoms with Crippen molar-refractivity contribution in [2.75, 3.05) is 58.4 Å². The lowest BCUT2D eigenvalue weighted by atomic mass is 9.92. The number of methoxy groups -OCH3 is 1. The summed E-state index contributed by atoms with van der Waals surface area (Å²) in [5, 5.41) is 6.57. The topological polar surface area (TPSA) is 94.2 Å². The van der Waals surface area contributed by atoms with Crippen molar-refractivity contribution in [2.45, 2.75) is 40.0 Å². The number of unbranched alkanes of at least 4 members (excludes halogenated alkanes) is 1. The third-order valence-corrected chi connectivity index (χ3v) is 6.72. The molecular weight excluding hydrogens is 579 g/mol. The number of nitrogens with one attached hydrogen (secondary N) is 2. The molecule has 0 saturated carbocycles. The van der Waals surface area contributed by atoms with Crippen LogP contribution in [0.5, 0.6) is 23.0 Å². The molecule has 0 unspecified atom stereocenters. The third-order valence-electron chi connectivity index (χ3n) is 6.72. The van der Waals surface area contributed by atoms with E-state index in [2.05, 4.69) is 41.3 Å². The van der Waals surface area contributed by atoms with Gasteiger partial charge in [0.2, 0.25) is 0 Å². The summed E-state index contributed by atoms with van der Waals surface area (Å²) in [7, 11) is 1.63. The number of hydrogen-bond acceptors (Lipinski definition) is 7. The first kappa shape index (κ1) is 35.2.